The van der Waals surface area contributed by atoms with Crippen LogP contribution in [0.4, 0.5) is 19.0 Å². The largest absolute Gasteiger partial charge is 0.416 e. The Morgan fingerprint density at radius 2 is 1.71 bits per heavy atom. The van der Waals surface area contributed by atoms with Crippen LogP contribution in [0.25, 0.3) is 5.82 Å². The van der Waals surface area contributed by atoms with E-state index < -0.39 is 11.7 Å². The Kier molecular flexibility index (Phi) is 5.62. The second-order valence-electron chi connectivity index (χ2n) is 7.32. The van der Waals surface area contributed by atoms with E-state index in [0.717, 1.165) is 18.0 Å². The highest BCUT2D eigenvalue weighted by atomic mass is 19.4. The van der Waals surface area contributed by atoms with Gasteiger partial charge in [-0.2, -0.15) is 18.3 Å². The number of carbonyl (C=O) groups is 1. The predicted molar refractivity (Wildman–Crippen MR) is 108 cm³/mol. The van der Waals surface area contributed by atoms with Crippen LogP contribution < -0.4 is 4.90 Å². The van der Waals surface area contributed by atoms with Crippen molar-refractivity contribution in [3.63, 3.8) is 0 Å². The van der Waals surface area contributed by atoms with Gasteiger partial charge in [0.15, 0.2) is 5.82 Å². The second kappa shape index (κ2) is 8.37. The quantitative estimate of drug-likeness (QED) is 0.637. The van der Waals surface area contributed by atoms with Crippen LogP contribution in [0.1, 0.15) is 17.0 Å². The minimum absolute atomic E-state index is 0.0776. The lowest BCUT2D eigenvalue weighted by Crippen LogP contribution is -2.49. The smallest absolute Gasteiger partial charge is 0.353 e. The van der Waals surface area contributed by atoms with Gasteiger partial charge in [0.05, 0.1) is 12.0 Å². The number of hydrogen-bond donors (Lipinski definition) is 0. The molecule has 1 aromatic carbocycles. The number of nitrogens with zero attached hydrogens (tertiary/aromatic N) is 6. The number of aryl methyl sites for hydroxylation is 1. The fourth-order valence-corrected chi connectivity index (χ4v) is 3.50. The van der Waals surface area contributed by atoms with Crippen molar-refractivity contribution in [2.75, 3.05) is 31.1 Å². The van der Waals surface area contributed by atoms with Crippen molar-refractivity contribution >= 4 is 11.7 Å². The molecular formula is C21H21F3N6O. The molecule has 3 aromatic rings. The molecule has 162 valence electrons. The maximum absolute atomic E-state index is 12.7. The van der Waals surface area contributed by atoms with E-state index in [1.165, 1.54) is 12.1 Å². The van der Waals surface area contributed by atoms with Crippen LogP contribution in [0.3, 0.4) is 0 Å². The molecule has 0 spiro atoms. The SMILES string of the molecule is Cc1nc(N2CCN(C(=O)Cc3ccc(C(F)(F)F)cc3)CC2)cc(-n2cccn2)n1. The molecule has 1 saturated heterocycles. The number of carbonyl (C=O) groups excluding carboxylic acids is 1. The van der Waals surface area contributed by atoms with E-state index in [9.17, 15) is 18.0 Å². The van der Waals surface area contributed by atoms with Gasteiger partial charge in [-0.1, -0.05) is 12.1 Å². The average Bonchev–Trinajstić information content (AvgIpc) is 3.28. The zero-order valence-corrected chi connectivity index (χ0v) is 16.9. The van der Waals surface area contributed by atoms with Crippen LogP contribution >= 0.6 is 0 Å². The van der Waals surface area contributed by atoms with Crippen molar-refractivity contribution in [3.05, 3.63) is 65.7 Å². The van der Waals surface area contributed by atoms with Crippen molar-refractivity contribution in [2.45, 2.75) is 19.5 Å². The van der Waals surface area contributed by atoms with Gasteiger partial charge in [0, 0.05) is 44.6 Å². The molecule has 7 nitrogen and oxygen atoms in total. The molecule has 4 rings (SSSR count). The molecule has 0 unspecified atom stereocenters. The van der Waals surface area contributed by atoms with E-state index >= 15 is 0 Å². The maximum Gasteiger partial charge on any atom is 0.416 e. The standard InChI is InChI=1S/C21H21F3N6O/c1-15-26-18(14-19(27-15)30-8-2-7-25-30)28-9-11-29(12-10-28)20(31)13-16-3-5-17(6-4-16)21(22,23)24/h2-8,14H,9-13H2,1H3. The number of alkyl halides is 3. The van der Waals surface area contributed by atoms with Gasteiger partial charge in [-0.05, 0) is 30.7 Å². The molecule has 0 radical (unpaired) electrons. The summed E-state index contributed by atoms with van der Waals surface area (Å²) in [7, 11) is 0. The first-order valence-electron chi connectivity index (χ1n) is 9.84. The normalized spacial score (nSPS) is 14.7. The average molecular weight is 430 g/mol. The summed E-state index contributed by atoms with van der Waals surface area (Å²) in [6.07, 6.45) is -0.814. The molecule has 0 N–H and O–H groups in total. The van der Waals surface area contributed by atoms with Crippen molar-refractivity contribution in [1.29, 1.82) is 0 Å². The molecule has 1 aliphatic rings. The highest BCUT2D eigenvalue weighted by Crippen LogP contribution is 2.29. The summed E-state index contributed by atoms with van der Waals surface area (Å²) in [4.78, 5) is 25.3. The van der Waals surface area contributed by atoms with E-state index in [4.69, 9.17) is 0 Å². The number of amides is 1. The summed E-state index contributed by atoms with van der Waals surface area (Å²) in [6.45, 7) is 4.06. The first kappa shape index (κ1) is 20.8. The number of anilines is 1. The topological polar surface area (TPSA) is 67.2 Å². The van der Waals surface area contributed by atoms with Crippen LogP contribution in [-0.2, 0) is 17.4 Å². The predicted octanol–water partition coefficient (Wildman–Crippen LogP) is 2.88. The molecule has 0 aliphatic carbocycles. The number of piperazine rings is 1. The second-order valence-corrected chi connectivity index (χ2v) is 7.32. The fraction of sp³-hybridized carbons (Fsp3) is 0.333. The lowest BCUT2D eigenvalue weighted by atomic mass is 10.1. The van der Waals surface area contributed by atoms with Crippen LogP contribution in [0.15, 0.2) is 48.8 Å². The maximum atomic E-state index is 12.7. The van der Waals surface area contributed by atoms with Crippen molar-refractivity contribution in [1.82, 2.24) is 24.6 Å². The van der Waals surface area contributed by atoms with Crippen LogP contribution in [0.2, 0.25) is 0 Å². The Morgan fingerprint density at radius 3 is 2.32 bits per heavy atom. The molecule has 0 saturated carbocycles. The summed E-state index contributed by atoms with van der Waals surface area (Å²) in [5.74, 6) is 1.97. The van der Waals surface area contributed by atoms with Gasteiger partial charge < -0.3 is 9.80 Å². The van der Waals surface area contributed by atoms with Gasteiger partial charge in [-0.25, -0.2) is 14.6 Å². The molecule has 0 atom stereocenters. The van der Waals surface area contributed by atoms with Gasteiger partial charge in [0.2, 0.25) is 5.91 Å². The molecule has 1 amide bonds. The van der Waals surface area contributed by atoms with Crippen molar-refractivity contribution in [3.8, 4) is 5.82 Å². The Balaban J connectivity index is 1.37. The first-order valence-corrected chi connectivity index (χ1v) is 9.84. The van der Waals surface area contributed by atoms with Crippen LogP contribution in [0.5, 0.6) is 0 Å². The third-order valence-corrected chi connectivity index (χ3v) is 5.14. The summed E-state index contributed by atoms with van der Waals surface area (Å²) in [5.41, 5.74) is -0.150. The zero-order valence-electron chi connectivity index (χ0n) is 16.9. The highest BCUT2D eigenvalue weighted by molar-refractivity contribution is 5.79. The molecule has 31 heavy (non-hydrogen) atoms. The molecule has 1 fully saturated rings. The Morgan fingerprint density at radius 1 is 1.03 bits per heavy atom. The van der Waals surface area contributed by atoms with Gasteiger partial charge in [0.1, 0.15) is 11.6 Å². The first-order chi connectivity index (χ1) is 14.8. The van der Waals surface area contributed by atoms with Crippen molar-refractivity contribution in [2.24, 2.45) is 0 Å². The zero-order chi connectivity index (χ0) is 22.0. The fourth-order valence-electron chi connectivity index (χ4n) is 3.50. The van der Waals surface area contributed by atoms with Gasteiger partial charge in [-0.15, -0.1) is 0 Å². The third-order valence-electron chi connectivity index (χ3n) is 5.14. The number of hydrogen-bond acceptors (Lipinski definition) is 5. The number of rotatable bonds is 4. The summed E-state index contributed by atoms with van der Waals surface area (Å²) >= 11 is 0. The number of benzene rings is 1. The Hall–Kier alpha value is -3.43. The summed E-state index contributed by atoms with van der Waals surface area (Å²) < 4.78 is 39.7. The van der Waals surface area contributed by atoms with Gasteiger partial charge >= 0.3 is 6.18 Å². The Labute approximate surface area is 177 Å². The van der Waals surface area contributed by atoms with Gasteiger partial charge in [-0.3, -0.25) is 4.79 Å². The minimum Gasteiger partial charge on any atom is -0.353 e. The molecule has 1 aliphatic heterocycles. The van der Waals surface area contributed by atoms with E-state index in [2.05, 4.69) is 20.0 Å². The summed E-state index contributed by atoms with van der Waals surface area (Å²) in [5, 5.41) is 4.20. The van der Waals surface area contributed by atoms with E-state index in [-0.39, 0.29) is 12.3 Å². The van der Waals surface area contributed by atoms with Crippen LogP contribution in [-0.4, -0.2) is 56.7 Å². The molecule has 0 bridgehead atoms. The lowest BCUT2D eigenvalue weighted by molar-refractivity contribution is -0.137. The highest BCUT2D eigenvalue weighted by Gasteiger charge is 2.30. The van der Waals surface area contributed by atoms with E-state index in [1.54, 1.807) is 15.8 Å². The van der Waals surface area contributed by atoms with Gasteiger partial charge in [0.25, 0.3) is 0 Å². The lowest BCUT2D eigenvalue weighted by Gasteiger charge is -2.35. The molecule has 10 heteroatoms. The summed E-state index contributed by atoms with van der Waals surface area (Å²) in [6, 6.07) is 8.41. The molecule has 3 heterocycles. The van der Waals surface area contributed by atoms with Crippen LogP contribution in [0, 0.1) is 6.92 Å². The van der Waals surface area contributed by atoms with E-state index in [0.29, 0.717) is 43.4 Å². The number of halogens is 3. The molecule has 2 aromatic heterocycles. The Bertz CT molecular complexity index is 1040. The monoisotopic (exact) mass is 430 g/mol. The molecular weight excluding hydrogens is 409 g/mol. The van der Waals surface area contributed by atoms with E-state index in [1.807, 2.05) is 25.3 Å². The minimum atomic E-state index is -4.38. The number of aromatic nitrogens is 4. The third kappa shape index (κ3) is 4.84. The van der Waals surface area contributed by atoms with Crippen molar-refractivity contribution < 1.29 is 18.0 Å².